The van der Waals surface area contributed by atoms with Crippen LogP contribution in [0.1, 0.15) is 25.1 Å². The van der Waals surface area contributed by atoms with Crippen LogP contribution < -0.4 is 5.32 Å². The number of nitrogens with zero attached hydrogens (tertiary/aromatic N) is 1. The quantitative estimate of drug-likeness (QED) is 0.898. The first-order chi connectivity index (χ1) is 9.08. The summed E-state index contributed by atoms with van der Waals surface area (Å²) in [6, 6.07) is 6.17. The number of hydrogen-bond acceptors (Lipinski definition) is 3. The minimum absolute atomic E-state index is 0.629. The van der Waals surface area contributed by atoms with E-state index in [1.807, 2.05) is 6.07 Å². The van der Waals surface area contributed by atoms with E-state index in [0.29, 0.717) is 5.92 Å². The zero-order valence-corrected chi connectivity index (χ0v) is 13.1. The molecule has 0 unspecified atom stereocenters. The van der Waals surface area contributed by atoms with Gasteiger partial charge < -0.3 is 9.73 Å². The summed E-state index contributed by atoms with van der Waals surface area (Å²) in [5.41, 5.74) is 3.24. The molecule has 0 amide bonds. The zero-order chi connectivity index (χ0) is 13.8. The van der Waals surface area contributed by atoms with Crippen LogP contribution in [0.25, 0.3) is 11.3 Å². The predicted octanol–water partition coefficient (Wildman–Crippen LogP) is 4.16. The average Bonchev–Trinajstić information content (AvgIpc) is 2.77. The SMILES string of the molecule is Cc1cc(Br)ccc1-c1ocnc1CNCC(C)C. The molecule has 0 aliphatic carbocycles. The summed E-state index contributed by atoms with van der Waals surface area (Å²) in [6.45, 7) is 8.17. The normalized spacial score (nSPS) is 11.2. The molecule has 3 nitrogen and oxygen atoms in total. The van der Waals surface area contributed by atoms with E-state index in [2.05, 4.69) is 59.1 Å². The van der Waals surface area contributed by atoms with Gasteiger partial charge >= 0.3 is 0 Å². The second kappa shape index (κ2) is 6.35. The fourth-order valence-electron chi connectivity index (χ4n) is 1.98. The van der Waals surface area contributed by atoms with E-state index in [0.717, 1.165) is 34.6 Å². The van der Waals surface area contributed by atoms with Gasteiger partial charge in [0.15, 0.2) is 12.2 Å². The molecule has 2 rings (SSSR count). The van der Waals surface area contributed by atoms with E-state index in [1.165, 1.54) is 12.0 Å². The van der Waals surface area contributed by atoms with E-state index in [9.17, 15) is 0 Å². The largest absolute Gasteiger partial charge is 0.443 e. The lowest BCUT2D eigenvalue weighted by atomic mass is 10.1. The van der Waals surface area contributed by atoms with Gasteiger partial charge in [0, 0.05) is 16.6 Å². The van der Waals surface area contributed by atoms with Gasteiger partial charge in [-0.3, -0.25) is 0 Å². The highest BCUT2D eigenvalue weighted by molar-refractivity contribution is 9.10. The van der Waals surface area contributed by atoms with E-state index >= 15 is 0 Å². The molecule has 0 aliphatic heterocycles. The van der Waals surface area contributed by atoms with E-state index in [-0.39, 0.29) is 0 Å². The molecular formula is C15H19BrN2O. The molecular weight excluding hydrogens is 304 g/mol. The molecule has 1 aromatic carbocycles. The summed E-state index contributed by atoms with van der Waals surface area (Å²) in [6.07, 6.45) is 1.52. The van der Waals surface area contributed by atoms with E-state index < -0.39 is 0 Å². The third-order valence-corrected chi connectivity index (χ3v) is 3.41. The number of aryl methyl sites for hydroxylation is 1. The number of halogens is 1. The molecule has 0 atom stereocenters. The van der Waals surface area contributed by atoms with E-state index in [4.69, 9.17) is 4.42 Å². The van der Waals surface area contributed by atoms with Crippen LogP contribution in [0.5, 0.6) is 0 Å². The van der Waals surface area contributed by atoms with Crippen molar-refractivity contribution in [1.82, 2.24) is 10.3 Å². The molecule has 1 aromatic heterocycles. The van der Waals surface area contributed by atoms with Gasteiger partial charge in [-0.05, 0) is 43.1 Å². The number of oxazole rings is 1. The number of nitrogens with one attached hydrogen (secondary N) is 1. The molecule has 0 spiro atoms. The molecule has 1 N–H and O–H groups in total. The highest BCUT2D eigenvalue weighted by Crippen LogP contribution is 2.28. The van der Waals surface area contributed by atoms with Crippen LogP contribution in [-0.4, -0.2) is 11.5 Å². The van der Waals surface area contributed by atoms with Gasteiger partial charge in [-0.15, -0.1) is 0 Å². The maximum atomic E-state index is 5.56. The maximum Gasteiger partial charge on any atom is 0.181 e. The Labute approximate surface area is 122 Å². The molecule has 0 bridgehead atoms. The summed E-state index contributed by atoms with van der Waals surface area (Å²) in [5, 5.41) is 3.40. The average molecular weight is 323 g/mol. The smallest absolute Gasteiger partial charge is 0.181 e. The van der Waals surface area contributed by atoms with Gasteiger partial charge in [-0.2, -0.15) is 0 Å². The number of hydrogen-bond donors (Lipinski definition) is 1. The Bertz CT molecular complexity index is 549. The van der Waals surface area contributed by atoms with Crippen molar-refractivity contribution in [3.05, 3.63) is 40.3 Å². The predicted molar refractivity (Wildman–Crippen MR) is 80.9 cm³/mol. The molecule has 0 saturated heterocycles. The lowest BCUT2D eigenvalue weighted by molar-refractivity contribution is 0.545. The van der Waals surface area contributed by atoms with Crippen molar-refractivity contribution in [2.24, 2.45) is 5.92 Å². The Kier molecular flexibility index (Phi) is 4.77. The molecule has 102 valence electrons. The number of benzene rings is 1. The van der Waals surface area contributed by atoms with Crippen LogP contribution in [0.3, 0.4) is 0 Å². The molecule has 4 heteroatoms. The zero-order valence-electron chi connectivity index (χ0n) is 11.5. The summed E-state index contributed by atoms with van der Waals surface area (Å²) in [5.74, 6) is 1.49. The van der Waals surface area contributed by atoms with Gasteiger partial charge in [0.2, 0.25) is 0 Å². The number of aromatic nitrogens is 1. The molecule has 0 radical (unpaired) electrons. The van der Waals surface area contributed by atoms with Gasteiger partial charge in [0.1, 0.15) is 5.69 Å². The topological polar surface area (TPSA) is 38.1 Å². The first-order valence-electron chi connectivity index (χ1n) is 6.47. The number of rotatable bonds is 5. The van der Waals surface area contributed by atoms with Crippen molar-refractivity contribution in [1.29, 1.82) is 0 Å². The molecule has 1 heterocycles. The van der Waals surface area contributed by atoms with Crippen molar-refractivity contribution in [2.75, 3.05) is 6.54 Å². The van der Waals surface area contributed by atoms with Crippen molar-refractivity contribution in [3.8, 4) is 11.3 Å². The second-order valence-electron chi connectivity index (χ2n) is 5.11. The van der Waals surface area contributed by atoms with Crippen LogP contribution in [0, 0.1) is 12.8 Å². The summed E-state index contributed by atoms with van der Waals surface area (Å²) in [7, 11) is 0. The summed E-state index contributed by atoms with van der Waals surface area (Å²) < 4.78 is 6.64. The third kappa shape index (κ3) is 3.67. The maximum absolute atomic E-state index is 5.56. The Morgan fingerprint density at radius 1 is 1.37 bits per heavy atom. The van der Waals surface area contributed by atoms with E-state index in [1.54, 1.807) is 0 Å². The minimum Gasteiger partial charge on any atom is -0.443 e. The molecule has 2 aromatic rings. The molecule has 0 aliphatic rings. The minimum atomic E-state index is 0.629. The molecule has 19 heavy (non-hydrogen) atoms. The molecule has 0 saturated carbocycles. The Morgan fingerprint density at radius 2 is 2.16 bits per heavy atom. The fraction of sp³-hybridized carbons (Fsp3) is 0.400. The summed E-state index contributed by atoms with van der Waals surface area (Å²) >= 11 is 3.48. The molecule has 0 fully saturated rings. The van der Waals surface area contributed by atoms with Gasteiger partial charge in [-0.25, -0.2) is 4.98 Å². The van der Waals surface area contributed by atoms with Crippen LogP contribution in [0.2, 0.25) is 0 Å². The first-order valence-corrected chi connectivity index (χ1v) is 7.27. The Balaban J connectivity index is 2.19. The van der Waals surface area contributed by atoms with Crippen LogP contribution >= 0.6 is 15.9 Å². The monoisotopic (exact) mass is 322 g/mol. The van der Waals surface area contributed by atoms with Crippen molar-refractivity contribution in [2.45, 2.75) is 27.3 Å². The summed E-state index contributed by atoms with van der Waals surface area (Å²) in [4.78, 5) is 4.31. The van der Waals surface area contributed by atoms with Gasteiger partial charge in [0.05, 0.1) is 0 Å². The standard InChI is InChI=1S/C15H19BrN2O/c1-10(2)7-17-8-14-15(19-9-18-14)13-5-4-12(16)6-11(13)3/h4-6,9-10,17H,7-8H2,1-3H3. The van der Waals surface area contributed by atoms with Gasteiger partial charge in [-0.1, -0.05) is 29.8 Å². The van der Waals surface area contributed by atoms with Crippen molar-refractivity contribution >= 4 is 15.9 Å². The van der Waals surface area contributed by atoms with Crippen molar-refractivity contribution in [3.63, 3.8) is 0 Å². The fourth-order valence-corrected chi connectivity index (χ4v) is 2.45. The highest BCUT2D eigenvalue weighted by atomic mass is 79.9. The Morgan fingerprint density at radius 3 is 2.84 bits per heavy atom. The van der Waals surface area contributed by atoms with Crippen LogP contribution in [0.4, 0.5) is 0 Å². The van der Waals surface area contributed by atoms with Crippen LogP contribution in [0.15, 0.2) is 33.5 Å². The Hall–Kier alpha value is -1.13. The first kappa shape index (κ1) is 14.3. The third-order valence-electron chi connectivity index (χ3n) is 2.92. The highest BCUT2D eigenvalue weighted by Gasteiger charge is 2.13. The van der Waals surface area contributed by atoms with Crippen LogP contribution in [-0.2, 0) is 6.54 Å². The second-order valence-corrected chi connectivity index (χ2v) is 6.03. The van der Waals surface area contributed by atoms with Crippen molar-refractivity contribution < 1.29 is 4.42 Å². The lowest BCUT2D eigenvalue weighted by Gasteiger charge is -2.08. The van der Waals surface area contributed by atoms with Gasteiger partial charge in [0.25, 0.3) is 0 Å². The lowest BCUT2D eigenvalue weighted by Crippen LogP contribution is -2.19.